The fraction of sp³-hybridized carbons (Fsp3) is 0.263. The molecule has 2 aromatic heterocycles. The van der Waals surface area contributed by atoms with Crippen molar-refractivity contribution in [1.82, 2.24) is 19.9 Å². The van der Waals surface area contributed by atoms with E-state index in [4.69, 9.17) is 4.74 Å². The second-order valence-electron chi connectivity index (χ2n) is 5.78. The molecule has 0 aliphatic rings. The SMILES string of the molecule is C[C@@H](NCc1ccc(OCc2nccn2C)cc1)c1cccnc1. The Bertz CT molecular complexity index is 753. The highest BCUT2D eigenvalue weighted by atomic mass is 16.5. The molecule has 3 aromatic rings. The first-order valence-electron chi connectivity index (χ1n) is 8.03. The van der Waals surface area contributed by atoms with Crippen molar-refractivity contribution in [1.29, 1.82) is 0 Å². The van der Waals surface area contributed by atoms with Gasteiger partial charge in [0, 0.05) is 44.4 Å². The predicted molar refractivity (Wildman–Crippen MR) is 93.5 cm³/mol. The van der Waals surface area contributed by atoms with E-state index >= 15 is 0 Å². The number of nitrogens with one attached hydrogen (secondary N) is 1. The van der Waals surface area contributed by atoms with Crippen molar-refractivity contribution in [3.63, 3.8) is 0 Å². The highest BCUT2D eigenvalue weighted by molar-refractivity contribution is 5.27. The van der Waals surface area contributed by atoms with Gasteiger partial charge in [-0.25, -0.2) is 4.98 Å². The Kier molecular flexibility index (Phi) is 5.23. The number of aryl methyl sites for hydroxylation is 1. The third-order valence-electron chi connectivity index (χ3n) is 4.01. The van der Waals surface area contributed by atoms with Crippen molar-refractivity contribution < 1.29 is 4.74 Å². The first-order valence-corrected chi connectivity index (χ1v) is 8.03. The molecule has 5 nitrogen and oxygen atoms in total. The summed E-state index contributed by atoms with van der Waals surface area (Å²) in [6, 6.07) is 12.5. The van der Waals surface area contributed by atoms with Crippen molar-refractivity contribution >= 4 is 0 Å². The third-order valence-corrected chi connectivity index (χ3v) is 4.01. The number of rotatable bonds is 7. The van der Waals surface area contributed by atoms with Crippen LogP contribution >= 0.6 is 0 Å². The van der Waals surface area contributed by atoms with Gasteiger partial charge in [-0.15, -0.1) is 0 Å². The van der Waals surface area contributed by atoms with E-state index in [-0.39, 0.29) is 6.04 Å². The maximum Gasteiger partial charge on any atom is 0.146 e. The molecule has 2 heterocycles. The normalized spacial score (nSPS) is 12.1. The second-order valence-corrected chi connectivity index (χ2v) is 5.78. The fourth-order valence-electron chi connectivity index (χ4n) is 2.41. The Morgan fingerprint density at radius 2 is 2.00 bits per heavy atom. The molecule has 0 spiro atoms. The van der Waals surface area contributed by atoms with Gasteiger partial charge in [-0.05, 0) is 36.2 Å². The number of pyridine rings is 1. The Hall–Kier alpha value is -2.66. The summed E-state index contributed by atoms with van der Waals surface area (Å²) in [6.45, 7) is 3.41. The smallest absolute Gasteiger partial charge is 0.146 e. The van der Waals surface area contributed by atoms with Gasteiger partial charge < -0.3 is 14.6 Å². The maximum absolute atomic E-state index is 5.77. The van der Waals surface area contributed by atoms with Crippen LogP contribution in [0, 0.1) is 0 Å². The van der Waals surface area contributed by atoms with Crippen LogP contribution < -0.4 is 10.1 Å². The standard InChI is InChI=1S/C19H22N4O/c1-15(17-4-3-9-20-13-17)22-12-16-5-7-18(8-6-16)24-14-19-21-10-11-23(19)2/h3-11,13,15,22H,12,14H2,1-2H3/t15-/m1/s1. The number of hydrogen-bond donors (Lipinski definition) is 1. The fourth-order valence-corrected chi connectivity index (χ4v) is 2.41. The predicted octanol–water partition coefficient (Wildman–Crippen LogP) is 3.24. The van der Waals surface area contributed by atoms with Gasteiger partial charge >= 0.3 is 0 Å². The van der Waals surface area contributed by atoms with Crippen LogP contribution in [0.2, 0.25) is 0 Å². The van der Waals surface area contributed by atoms with Gasteiger partial charge in [0.05, 0.1) is 0 Å². The molecule has 24 heavy (non-hydrogen) atoms. The number of hydrogen-bond acceptors (Lipinski definition) is 4. The first-order chi connectivity index (χ1) is 11.7. The largest absolute Gasteiger partial charge is 0.486 e. The molecule has 1 N–H and O–H groups in total. The molecule has 0 unspecified atom stereocenters. The zero-order valence-electron chi connectivity index (χ0n) is 14.0. The van der Waals surface area contributed by atoms with Gasteiger partial charge in [0.2, 0.25) is 0 Å². The van der Waals surface area contributed by atoms with Crippen molar-refractivity contribution in [2.75, 3.05) is 0 Å². The lowest BCUT2D eigenvalue weighted by atomic mass is 10.1. The summed E-state index contributed by atoms with van der Waals surface area (Å²) < 4.78 is 7.73. The van der Waals surface area contributed by atoms with E-state index < -0.39 is 0 Å². The van der Waals surface area contributed by atoms with Gasteiger partial charge in [-0.1, -0.05) is 18.2 Å². The number of imidazole rings is 1. The van der Waals surface area contributed by atoms with Crippen LogP contribution in [0.25, 0.3) is 0 Å². The first kappa shape index (κ1) is 16.2. The molecule has 0 aliphatic heterocycles. The zero-order chi connectivity index (χ0) is 16.8. The van der Waals surface area contributed by atoms with Crippen LogP contribution in [0.1, 0.15) is 29.9 Å². The van der Waals surface area contributed by atoms with Crippen molar-refractivity contribution in [3.05, 3.63) is 78.1 Å². The quantitative estimate of drug-likeness (QED) is 0.725. The van der Waals surface area contributed by atoms with Crippen LogP contribution in [0.4, 0.5) is 0 Å². The number of benzene rings is 1. The summed E-state index contributed by atoms with van der Waals surface area (Å²) in [5.41, 5.74) is 2.41. The lowest BCUT2D eigenvalue weighted by Gasteiger charge is -2.14. The molecule has 1 atom stereocenters. The number of aromatic nitrogens is 3. The Labute approximate surface area is 142 Å². The minimum absolute atomic E-state index is 0.262. The van der Waals surface area contributed by atoms with Gasteiger partial charge in [-0.2, -0.15) is 0 Å². The summed E-state index contributed by atoms with van der Waals surface area (Å²) in [5, 5.41) is 3.50. The van der Waals surface area contributed by atoms with Crippen LogP contribution in [0.5, 0.6) is 5.75 Å². The summed E-state index contributed by atoms with van der Waals surface area (Å²) >= 11 is 0. The van der Waals surface area contributed by atoms with Gasteiger partial charge in [0.25, 0.3) is 0 Å². The van der Waals surface area contributed by atoms with E-state index in [1.165, 1.54) is 11.1 Å². The molecule has 1 aromatic carbocycles. The molecule has 0 aliphatic carbocycles. The lowest BCUT2D eigenvalue weighted by molar-refractivity contribution is 0.291. The zero-order valence-corrected chi connectivity index (χ0v) is 14.0. The highest BCUT2D eigenvalue weighted by Crippen LogP contribution is 2.15. The summed E-state index contributed by atoms with van der Waals surface area (Å²) in [7, 11) is 1.96. The van der Waals surface area contributed by atoms with E-state index in [1.54, 1.807) is 12.4 Å². The third kappa shape index (κ3) is 4.20. The molecule has 3 rings (SSSR count). The van der Waals surface area contributed by atoms with E-state index in [2.05, 4.69) is 40.4 Å². The van der Waals surface area contributed by atoms with Crippen LogP contribution in [0.15, 0.2) is 61.2 Å². The monoisotopic (exact) mass is 322 g/mol. The number of nitrogens with zero attached hydrogens (tertiary/aromatic N) is 3. The van der Waals surface area contributed by atoms with E-state index in [0.717, 1.165) is 18.1 Å². The average Bonchev–Trinajstić information content (AvgIpc) is 3.04. The van der Waals surface area contributed by atoms with Crippen molar-refractivity contribution in [2.24, 2.45) is 7.05 Å². The van der Waals surface area contributed by atoms with E-state index in [9.17, 15) is 0 Å². The summed E-state index contributed by atoms with van der Waals surface area (Å²) in [5.74, 6) is 1.76. The molecule has 5 heteroatoms. The lowest BCUT2D eigenvalue weighted by Crippen LogP contribution is -2.18. The molecule has 0 saturated heterocycles. The average molecular weight is 322 g/mol. The molecular formula is C19H22N4O. The van der Waals surface area contributed by atoms with E-state index in [1.807, 2.05) is 42.2 Å². The molecule has 0 bridgehead atoms. The topological polar surface area (TPSA) is 52.0 Å². The minimum Gasteiger partial charge on any atom is -0.486 e. The molecular weight excluding hydrogens is 300 g/mol. The maximum atomic E-state index is 5.77. The van der Waals surface area contributed by atoms with Gasteiger partial charge in [0.1, 0.15) is 18.2 Å². The number of ether oxygens (including phenoxy) is 1. The Morgan fingerprint density at radius 3 is 2.67 bits per heavy atom. The van der Waals surface area contributed by atoms with Gasteiger partial charge in [-0.3, -0.25) is 4.98 Å². The van der Waals surface area contributed by atoms with Crippen LogP contribution in [-0.2, 0) is 20.2 Å². The highest BCUT2D eigenvalue weighted by Gasteiger charge is 2.05. The van der Waals surface area contributed by atoms with Crippen LogP contribution in [-0.4, -0.2) is 14.5 Å². The summed E-state index contributed by atoms with van der Waals surface area (Å²) in [4.78, 5) is 8.41. The molecule has 0 fully saturated rings. The molecule has 0 saturated carbocycles. The Balaban J connectivity index is 1.50. The van der Waals surface area contributed by atoms with Crippen molar-refractivity contribution in [2.45, 2.75) is 26.1 Å². The minimum atomic E-state index is 0.262. The second kappa shape index (κ2) is 7.75. The van der Waals surface area contributed by atoms with Crippen LogP contribution in [0.3, 0.4) is 0 Å². The van der Waals surface area contributed by atoms with E-state index in [0.29, 0.717) is 6.61 Å². The molecule has 124 valence electrons. The molecule has 0 radical (unpaired) electrons. The Morgan fingerprint density at radius 1 is 1.17 bits per heavy atom. The molecule has 0 amide bonds. The van der Waals surface area contributed by atoms with Crippen molar-refractivity contribution in [3.8, 4) is 5.75 Å². The van der Waals surface area contributed by atoms with Gasteiger partial charge in [0.15, 0.2) is 0 Å². The summed E-state index contributed by atoms with van der Waals surface area (Å²) in [6.07, 6.45) is 7.37.